The van der Waals surface area contributed by atoms with Crippen LogP contribution in [0.5, 0.6) is 0 Å². The largest absolute Gasteiger partial charge is 0.326 e. The summed E-state index contributed by atoms with van der Waals surface area (Å²) in [5, 5.41) is 0. The zero-order valence-electron chi connectivity index (χ0n) is 10.9. The second kappa shape index (κ2) is 4.34. The van der Waals surface area contributed by atoms with Gasteiger partial charge in [-0.25, -0.2) is 4.98 Å². The number of halogens is 1. The van der Waals surface area contributed by atoms with Crippen LogP contribution in [0.25, 0.3) is 11.0 Å². The van der Waals surface area contributed by atoms with Gasteiger partial charge in [0.2, 0.25) is 0 Å². The molecule has 1 heterocycles. The van der Waals surface area contributed by atoms with Crippen molar-refractivity contribution in [3.8, 4) is 0 Å². The number of alkyl halides is 1. The fraction of sp³-hybridized carbons (Fsp3) is 0.500. The molecule has 2 nitrogen and oxygen atoms in total. The van der Waals surface area contributed by atoms with Gasteiger partial charge in [0.25, 0.3) is 0 Å². The number of benzene rings is 1. The van der Waals surface area contributed by atoms with Crippen molar-refractivity contribution >= 4 is 22.6 Å². The molecular formula is C14H19ClN2. The smallest absolute Gasteiger partial charge is 0.124 e. The predicted octanol–water partition coefficient (Wildman–Crippen LogP) is 4.13. The molecule has 0 fully saturated rings. The van der Waals surface area contributed by atoms with Gasteiger partial charge in [-0.15, -0.1) is 11.6 Å². The SMILES string of the molecule is Cc1cccc2nc(CCl)n(CC(C)(C)C)c12. The van der Waals surface area contributed by atoms with E-state index in [4.69, 9.17) is 11.6 Å². The lowest BCUT2D eigenvalue weighted by molar-refractivity contribution is 0.344. The topological polar surface area (TPSA) is 17.8 Å². The van der Waals surface area contributed by atoms with E-state index < -0.39 is 0 Å². The third kappa shape index (κ3) is 2.47. The summed E-state index contributed by atoms with van der Waals surface area (Å²) in [6.45, 7) is 9.76. The number of hydrogen-bond acceptors (Lipinski definition) is 1. The highest BCUT2D eigenvalue weighted by Gasteiger charge is 2.17. The van der Waals surface area contributed by atoms with Gasteiger partial charge in [0.15, 0.2) is 0 Å². The van der Waals surface area contributed by atoms with E-state index in [9.17, 15) is 0 Å². The number of nitrogens with zero attached hydrogens (tertiary/aromatic N) is 2. The van der Waals surface area contributed by atoms with Crippen molar-refractivity contribution in [3.05, 3.63) is 29.6 Å². The third-order valence-corrected chi connectivity index (χ3v) is 3.04. The molecule has 0 saturated carbocycles. The summed E-state index contributed by atoms with van der Waals surface area (Å²) in [5.74, 6) is 1.43. The number of hydrogen-bond donors (Lipinski definition) is 0. The maximum Gasteiger partial charge on any atom is 0.124 e. The molecule has 92 valence electrons. The zero-order valence-corrected chi connectivity index (χ0v) is 11.7. The fourth-order valence-corrected chi connectivity index (χ4v) is 2.36. The number of imidazole rings is 1. The van der Waals surface area contributed by atoms with Crippen molar-refractivity contribution in [3.63, 3.8) is 0 Å². The molecule has 2 aromatic rings. The lowest BCUT2D eigenvalue weighted by atomic mass is 9.96. The highest BCUT2D eigenvalue weighted by atomic mass is 35.5. The summed E-state index contributed by atoms with van der Waals surface area (Å²) in [5.41, 5.74) is 3.75. The molecule has 0 N–H and O–H groups in total. The van der Waals surface area contributed by atoms with Crippen molar-refractivity contribution in [1.82, 2.24) is 9.55 Å². The van der Waals surface area contributed by atoms with Gasteiger partial charge in [-0.05, 0) is 24.0 Å². The highest BCUT2D eigenvalue weighted by molar-refractivity contribution is 6.16. The van der Waals surface area contributed by atoms with Crippen LogP contribution < -0.4 is 0 Å². The van der Waals surface area contributed by atoms with Crippen LogP contribution in [0.4, 0.5) is 0 Å². The predicted molar refractivity (Wildman–Crippen MR) is 73.5 cm³/mol. The lowest BCUT2D eigenvalue weighted by Crippen LogP contribution is -2.17. The van der Waals surface area contributed by atoms with Crippen LogP contribution in [0.15, 0.2) is 18.2 Å². The summed E-state index contributed by atoms with van der Waals surface area (Å²) in [4.78, 5) is 4.61. The quantitative estimate of drug-likeness (QED) is 0.733. The van der Waals surface area contributed by atoms with Crippen LogP contribution in [0.3, 0.4) is 0 Å². The van der Waals surface area contributed by atoms with Crippen molar-refractivity contribution < 1.29 is 0 Å². The van der Waals surface area contributed by atoms with Crippen LogP contribution in [0.1, 0.15) is 32.2 Å². The Kier molecular flexibility index (Phi) is 3.17. The van der Waals surface area contributed by atoms with Gasteiger partial charge in [0.1, 0.15) is 5.82 Å². The van der Waals surface area contributed by atoms with E-state index in [1.54, 1.807) is 0 Å². The van der Waals surface area contributed by atoms with Gasteiger partial charge in [-0.3, -0.25) is 0 Å². The molecule has 1 aromatic carbocycles. The first kappa shape index (κ1) is 12.4. The molecule has 0 aliphatic heterocycles. The van der Waals surface area contributed by atoms with E-state index in [0.717, 1.165) is 17.9 Å². The number of para-hydroxylation sites is 1. The van der Waals surface area contributed by atoms with Crippen molar-refractivity contribution in [2.75, 3.05) is 0 Å². The first-order chi connectivity index (χ1) is 7.92. The summed E-state index contributed by atoms with van der Waals surface area (Å²) in [6.07, 6.45) is 0. The molecule has 0 spiro atoms. The second-order valence-electron chi connectivity index (χ2n) is 5.75. The summed E-state index contributed by atoms with van der Waals surface area (Å²) in [6, 6.07) is 6.23. The van der Waals surface area contributed by atoms with Gasteiger partial charge < -0.3 is 4.57 Å². The van der Waals surface area contributed by atoms with E-state index in [2.05, 4.69) is 49.4 Å². The van der Waals surface area contributed by atoms with Gasteiger partial charge in [0, 0.05) is 6.54 Å². The van der Waals surface area contributed by atoms with E-state index in [0.29, 0.717) is 5.88 Å². The molecule has 0 aliphatic carbocycles. The van der Waals surface area contributed by atoms with Crippen LogP contribution in [0, 0.1) is 12.3 Å². The summed E-state index contributed by atoms with van der Waals surface area (Å²) >= 11 is 6.00. The number of aryl methyl sites for hydroxylation is 1. The Morgan fingerprint density at radius 1 is 1.29 bits per heavy atom. The average molecular weight is 251 g/mol. The fourth-order valence-electron chi connectivity index (χ4n) is 2.16. The van der Waals surface area contributed by atoms with E-state index >= 15 is 0 Å². The minimum absolute atomic E-state index is 0.219. The standard InChI is InChI=1S/C14H19ClN2/c1-10-6-5-7-11-13(10)17(9-14(2,3)4)12(8-15)16-11/h5-7H,8-9H2,1-4H3. The Balaban J connectivity index is 2.65. The minimum atomic E-state index is 0.219. The molecule has 0 atom stereocenters. The molecule has 0 saturated heterocycles. The first-order valence-electron chi connectivity index (χ1n) is 5.93. The third-order valence-electron chi connectivity index (χ3n) is 2.80. The molecule has 1 aromatic heterocycles. The molecule has 0 unspecified atom stereocenters. The maximum absolute atomic E-state index is 6.00. The molecule has 2 rings (SSSR count). The Hall–Kier alpha value is -1.02. The molecule has 0 radical (unpaired) electrons. The Morgan fingerprint density at radius 3 is 2.59 bits per heavy atom. The molecular weight excluding hydrogens is 232 g/mol. The van der Waals surface area contributed by atoms with Gasteiger partial charge in [0.05, 0.1) is 16.9 Å². The lowest BCUT2D eigenvalue weighted by Gasteiger charge is -2.21. The molecule has 0 amide bonds. The molecule has 0 aliphatic rings. The minimum Gasteiger partial charge on any atom is -0.326 e. The van der Waals surface area contributed by atoms with E-state index in [-0.39, 0.29) is 5.41 Å². The monoisotopic (exact) mass is 250 g/mol. The Labute approximate surface area is 108 Å². The van der Waals surface area contributed by atoms with Gasteiger partial charge in [-0.2, -0.15) is 0 Å². The molecule has 3 heteroatoms. The Bertz CT molecular complexity index is 535. The van der Waals surface area contributed by atoms with Crippen LogP contribution >= 0.6 is 11.6 Å². The number of rotatable bonds is 2. The normalized spacial score (nSPS) is 12.3. The van der Waals surface area contributed by atoms with Crippen molar-refractivity contribution in [1.29, 1.82) is 0 Å². The van der Waals surface area contributed by atoms with Crippen LogP contribution in [-0.4, -0.2) is 9.55 Å². The first-order valence-corrected chi connectivity index (χ1v) is 6.46. The number of fused-ring (bicyclic) bond motifs is 1. The van der Waals surface area contributed by atoms with Crippen molar-refractivity contribution in [2.24, 2.45) is 5.41 Å². The molecule has 0 bridgehead atoms. The Morgan fingerprint density at radius 2 is 2.00 bits per heavy atom. The van der Waals surface area contributed by atoms with Crippen LogP contribution in [0.2, 0.25) is 0 Å². The van der Waals surface area contributed by atoms with Gasteiger partial charge in [-0.1, -0.05) is 32.9 Å². The van der Waals surface area contributed by atoms with Gasteiger partial charge >= 0.3 is 0 Å². The zero-order chi connectivity index (χ0) is 12.6. The molecule has 17 heavy (non-hydrogen) atoms. The van der Waals surface area contributed by atoms with E-state index in [1.165, 1.54) is 11.1 Å². The summed E-state index contributed by atoms with van der Waals surface area (Å²) in [7, 11) is 0. The highest BCUT2D eigenvalue weighted by Crippen LogP contribution is 2.26. The number of aromatic nitrogens is 2. The van der Waals surface area contributed by atoms with Crippen LogP contribution in [-0.2, 0) is 12.4 Å². The van der Waals surface area contributed by atoms with E-state index in [1.807, 2.05) is 6.07 Å². The second-order valence-corrected chi connectivity index (χ2v) is 6.02. The van der Waals surface area contributed by atoms with Crippen molar-refractivity contribution in [2.45, 2.75) is 40.1 Å². The summed E-state index contributed by atoms with van der Waals surface area (Å²) < 4.78 is 2.26. The maximum atomic E-state index is 6.00. The average Bonchev–Trinajstić information content (AvgIpc) is 2.55.